The lowest BCUT2D eigenvalue weighted by atomic mass is 9.77. The molecule has 106 valence electrons. The first kappa shape index (κ1) is 13.6. The highest BCUT2D eigenvalue weighted by molar-refractivity contribution is 7.09. The van der Waals surface area contributed by atoms with Crippen LogP contribution in [0.4, 0.5) is 0 Å². The number of rotatable bonds is 2. The molecule has 2 heterocycles. The van der Waals surface area contributed by atoms with Gasteiger partial charge in [-0.15, -0.1) is 11.3 Å². The molecule has 1 aliphatic heterocycles. The van der Waals surface area contributed by atoms with Crippen LogP contribution in [0.2, 0.25) is 0 Å². The van der Waals surface area contributed by atoms with Gasteiger partial charge in [0.2, 0.25) is 0 Å². The molecule has 1 spiro atoms. The molecule has 2 aliphatic rings. The van der Waals surface area contributed by atoms with Gasteiger partial charge in [0.05, 0.1) is 0 Å². The number of nitrogens with zero attached hydrogens (tertiary/aromatic N) is 1. The van der Waals surface area contributed by atoms with Gasteiger partial charge in [-0.2, -0.15) is 0 Å². The van der Waals surface area contributed by atoms with Crippen LogP contribution in [0.15, 0.2) is 17.5 Å². The predicted molar refractivity (Wildman–Crippen MR) is 82.6 cm³/mol. The number of nitrogens with one attached hydrogen (secondary N) is 1. The first-order valence-electron chi connectivity index (χ1n) is 7.62. The van der Waals surface area contributed by atoms with E-state index in [1.54, 1.807) is 0 Å². The first-order valence-corrected chi connectivity index (χ1v) is 8.50. The van der Waals surface area contributed by atoms with Gasteiger partial charge in [0.15, 0.2) is 0 Å². The molecule has 2 fully saturated rings. The van der Waals surface area contributed by atoms with Gasteiger partial charge in [-0.25, -0.2) is 0 Å². The average Bonchev–Trinajstić information content (AvgIpc) is 2.89. The number of hydrogen-bond donors (Lipinski definition) is 1. The highest BCUT2D eigenvalue weighted by Gasteiger charge is 2.43. The number of piperazine rings is 1. The maximum Gasteiger partial charge on any atom is 0.0334 e. The van der Waals surface area contributed by atoms with E-state index in [1.807, 2.05) is 11.3 Å². The van der Waals surface area contributed by atoms with Crippen molar-refractivity contribution in [3.05, 3.63) is 22.4 Å². The molecule has 1 aromatic heterocycles. The quantitative estimate of drug-likeness (QED) is 0.888. The molecule has 0 radical (unpaired) electrons. The van der Waals surface area contributed by atoms with E-state index in [0.717, 1.165) is 13.1 Å². The van der Waals surface area contributed by atoms with Crippen LogP contribution in [-0.2, 0) is 6.54 Å². The fourth-order valence-corrected chi connectivity index (χ4v) is 4.29. The van der Waals surface area contributed by atoms with Crippen LogP contribution < -0.4 is 5.32 Å². The summed E-state index contributed by atoms with van der Waals surface area (Å²) in [7, 11) is 0. The van der Waals surface area contributed by atoms with Crippen LogP contribution in [0, 0.1) is 0 Å². The maximum absolute atomic E-state index is 3.90. The molecule has 0 atom stereocenters. The minimum Gasteiger partial charge on any atom is -0.308 e. The molecule has 2 nitrogen and oxygen atoms in total. The van der Waals surface area contributed by atoms with E-state index in [9.17, 15) is 0 Å². The van der Waals surface area contributed by atoms with Crippen molar-refractivity contribution in [2.24, 2.45) is 0 Å². The summed E-state index contributed by atoms with van der Waals surface area (Å²) < 4.78 is 0. The standard InChI is InChI=1S/C16H26N2S/c1-15(2)12-17-16(8-4-3-5-9-16)13-18(15)11-14-7-6-10-19-14/h6-7,10,17H,3-5,8-9,11-13H2,1-2H3. The van der Waals surface area contributed by atoms with Gasteiger partial charge in [0, 0.05) is 35.6 Å². The van der Waals surface area contributed by atoms with Crippen LogP contribution in [0.1, 0.15) is 50.8 Å². The first-order chi connectivity index (χ1) is 9.10. The van der Waals surface area contributed by atoms with E-state index in [4.69, 9.17) is 0 Å². The lowest BCUT2D eigenvalue weighted by molar-refractivity contribution is 0.00553. The Bertz CT molecular complexity index is 404. The monoisotopic (exact) mass is 278 g/mol. The van der Waals surface area contributed by atoms with Gasteiger partial charge in [-0.1, -0.05) is 25.3 Å². The third-order valence-electron chi connectivity index (χ3n) is 4.98. The van der Waals surface area contributed by atoms with E-state index in [0.29, 0.717) is 5.54 Å². The van der Waals surface area contributed by atoms with Crippen molar-refractivity contribution in [3.63, 3.8) is 0 Å². The summed E-state index contributed by atoms with van der Waals surface area (Å²) in [5, 5.41) is 6.09. The van der Waals surface area contributed by atoms with Crippen LogP contribution in [0.5, 0.6) is 0 Å². The number of thiophene rings is 1. The fraction of sp³-hybridized carbons (Fsp3) is 0.750. The molecule has 1 aromatic rings. The van der Waals surface area contributed by atoms with Gasteiger partial charge in [-0.05, 0) is 38.1 Å². The van der Waals surface area contributed by atoms with Crippen molar-refractivity contribution in [2.75, 3.05) is 13.1 Å². The smallest absolute Gasteiger partial charge is 0.0334 e. The Hall–Kier alpha value is -0.380. The Morgan fingerprint density at radius 1 is 1.26 bits per heavy atom. The van der Waals surface area contributed by atoms with Crippen molar-refractivity contribution < 1.29 is 0 Å². The molecule has 0 unspecified atom stereocenters. The van der Waals surface area contributed by atoms with E-state index in [1.165, 1.54) is 43.5 Å². The second kappa shape index (κ2) is 5.19. The fourth-order valence-electron chi connectivity index (χ4n) is 3.57. The van der Waals surface area contributed by atoms with Gasteiger partial charge in [-0.3, -0.25) is 4.90 Å². The summed E-state index contributed by atoms with van der Waals surface area (Å²) in [6.07, 6.45) is 6.96. The highest BCUT2D eigenvalue weighted by atomic mass is 32.1. The van der Waals surface area contributed by atoms with Crippen molar-refractivity contribution in [1.82, 2.24) is 10.2 Å². The molecule has 1 saturated carbocycles. The molecular formula is C16H26N2S. The molecule has 1 saturated heterocycles. The topological polar surface area (TPSA) is 15.3 Å². The summed E-state index contributed by atoms with van der Waals surface area (Å²) in [5.74, 6) is 0. The van der Waals surface area contributed by atoms with E-state index in [-0.39, 0.29) is 5.54 Å². The lowest BCUT2D eigenvalue weighted by Gasteiger charge is -2.53. The highest BCUT2D eigenvalue weighted by Crippen LogP contribution is 2.35. The minimum absolute atomic E-state index is 0.271. The van der Waals surface area contributed by atoms with Crippen molar-refractivity contribution in [3.8, 4) is 0 Å². The molecular weight excluding hydrogens is 252 g/mol. The third kappa shape index (κ3) is 2.88. The van der Waals surface area contributed by atoms with E-state index < -0.39 is 0 Å². The molecule has 0 bridgehead atoms. The van der Waals surface area contributed by atoms with E-state index >= 15 is 0 Å². The van der Waals surface area contributed by atoms with Gasteiger partial charge in [0.1, 0.15) is 0 Å². The zero-order chi connectivity index (χ0) is 13.3. The van der Waals surface area contributed by atoms with Crippen LogP contribution >= 0.6 is 11.3 Å². The van der Waals surface area contributed by atoms with Crippen molar-refractivity contribution >= 4 is 11.3 Å². The SMILES string of the molecule is CC1(C)CNC2(CCCCC2)CN1Cc1cccs1. The zero-order valence-corrected chi connectivity index (χ0v) is 13.1. The molecule has 19 heavy (non-hydrogen) atoms. The van der Waals surface area contributed by atoms with Crippen LogP contribution in [-0.4, -0.2) is 29.1 Å². The molecule has 3 rings (SSSR count). The summed E-state index contributed by atoms with van der Waals surface area (Å²) in [5.41, 5.74) is 0.678. The van der Waals surface area contributed by atoms with E-state index in [2.05, 4.69) is 41.6 Å². The molecule has 0 amide bonds. The van der Waals surface area contributed by atoms with Gasteiger partial charge in [0.25, 0.3) is 0 Å². The van der Waals surface area contributed by atoms with Crippen LogP contribution in [0.25, 0.3) is 0 Å². The Kier molecular flexibility index (Phi) is 3.71. The van der Waals surface area contributed by atoms with Crippen molar-refractivity contribution in [2.45, 2.75) is 63.6 Å². The largest absolute Gasteiger partial charge is 0.308 e. The summed E-state index contributed by atoms with van der Waals surface area (Å²) in [4.78, 5) is 4.21. The Morgan fingerprint density at radius 3 is 2.74 bits per heavy atom. The second-order valence-corrected chi connectivity index (χ2v) is 7.97. The molecule has 0 aromatic carbocycles. The lowest BCUT2D eigenvalue weighted by Crippen LogP contribution is -2.68. The normalized spacial score (nSPS) is 26.6. The average molecular weight is 278 g/mol. The molecule has 3 heteroatoms. The van der Waals surface area contributed by atoms with Gasteiger partial charge >= 0.3 is 0 Å². The Morgan fingerprint density at radius 2 is 2.05 bits per heavy atom. The Labute approximate surface area is 121 Å². The third-order valence-corrected chi connectivity index (χ3v) is 5.84. The summed E-state index contributed by atoms with van der Waals surface area (Å²) in [6.45, 7) is 8.22. The summed E-state index contributed by atoms with van der Waals surface area (Å²) in [6, 6.07) is 4.45. The van der Waals surface area contributed by atoms with Crippen LogP contribution in [0.3, 0.4) is 0 Å². The van der Waals surface area contributed by atoms with Gasteiger partial charge < -0.3 is 5.32 Å². The maximum atomic E-state index is 3.90. The van der Waals surface area contributed by atoms with Crippen molar-refractivity contribution in [1.29, 1.82) is 0 Å². The number of hydrogen-bond acceptors (Lipinski definition) is 3. The molecule has 1 N–H and O–H groups in total. The predicted octanol–water partition coefficient (Wildman–Crippen LogP) is 3.63. The second-order valence-electron chi connectivity index (χ2n) is 6.94. The molecule has 1 aliphatic carbocycles. The Balaban J connectivity index is 1.74. The summed E-state index contributed by atoms with van der Waals surface area (Å²) >= 11 is 1.89. The minimum atomic E-state index is 0.271. The zero-order valence-electron chi connectivity index (χ0n) is 12.2.